The van der Waals surface area contributed by atoms with Gasteiger partial charge in [-0.2, -0.15) is 0 Å². The second kappa shape index (κ2) is 6.85. The largest absolute Gasteiger partial charge is 0.382 e. The van der Waals surface area contributed by atoms with Gasteiger partial charge in [-0.25, -0.2) is 16.8 Å². The Balaban J connectivity index is 2.81. The standard InChI is InChI=1S/C12H19ClN2O4S2/c1-4-21(18,19)8-9(2)14-10-5-6-12(11(13)7-10)15-20(3,16)17/h5-7,9,14-15H,4,8H2,1-3H3. The number of benzene rings is 1. The van der Waals surface area contributed by atoms with Crippen LogP contribution in [0, 0.1) is 0 Å². The molecule has 0 aromatic heterocycles. The van der Waals surface area contributed by atoms with Gasteiger partial charge < -0.3 is 5.32 Å². The lowest BCUT2D eigenvalue weighted by Crippen LogP contribution is -2.26. The van der Waals surface area contributed by atoms with Crippen molar-refractivity contribution in [1.29, 1.82) is 0 Å². The summed E-state index contributed by atoms with van der Waals surface area (Å²) in [5.74, 6) is 0.113. The Hall–Kier alpha value is -0.990. The van der Waals surface area contributed by atoms with Gasteiger partial charge in [-0.15, -0.1) is 0 Å². The molecule has 0 aliphatic heterocycles. The zero-order valence-corrected chi connectivity index (χ0v) is 14.4. The lowest BCUT2D eigenvalue weighted by Gasteiger charge is -2.16. The van der Waals surface area contributed by atoms with Crippen LogP contribution in [-0.2, 0) is 19.9 Å². The summed E-state index contributed by atoms with van der Waals surface area (Å²) in [5.41, 5.74) is 0.899. The molecule has 1 rings (SSSR count). The van der Waals surface area contributed by atoms with E-state index in [0.29, 0.717) is 5.69 Å². The van der Waals surface area contributed by atoms with E-state index in [9.17, 15) is 16.8 Å². The highest BCUT2D eigenvalue weighted by atomic mass is 35.5. The first-order chi connectivity index (χ1) is 9.52. The predicted molar refractivity (Wildman–Crippen MR) is 87.3 cm³/mol. The SMILES string of the molecule is CCS(=O)(=O)CC(C)Nc1ccc(NS(C)(=O)=O)c(Cl)c1. The summed E-state index contributed by atoms with van der Waals surface area (Å²) >= 11 is 5.99. The molecule has 6 nitrogen and oxygen atoms in total. The number of nitrogens with one attached hydrogen (secondary N) is 2. The second-order valence-electron chi connectivity index (χ2n) is 4.81. The van der Waals surface area contributed by atoms with Crippen LogP contribution in [0.1, 0.15) is 13.8 Å². The van der Waals surface area contributed by atoms with Crippen molar-refractivity contribution in [3.63, 3.8) is 0 Å². The third kappa shape index (κ3) is 6.54. The van der Waals surface area contributed by atoms with Crippen LogP contribution < -0.4 is 10.0 Å². The molecule has 2 N–H and O–H groups in total. The molecule has 0 fully saturated rings. The Kier molecular flexibility index (Phi) is 5.89. The Labute approximate surface area is 130 Å². The monoisotopic (exact) mass is 354 g/mol. The lowest BCUT2D eigenvalue weighted by molar-refractivity contribution is 0.593. The molecule has 0 radical (unpaired) electrons. The fraction of sp³-hybridized carbons (Fsp3) is 0.500. The van der Waals surface area contributed by atoms with Gasteiger partial charge in [-0.05, 0) is 25.1 Å². The zero-order chi connectivity index (χ0) is 16.3. The van der Waals surface area contributed by atoms with Crippen molar-refractivity contribution in [3.05, 3.63) is 23.2 Å². The van der Waals surface area contributed by atoms with Crippen LogP contribution in [0.2, 0.25) is 5.02 Å². The summed E-state index contributed by atoms with van der Waals surface area (Å²) in [7, 11) is -6.47. The number of anilines is 2. The Morgan fingerprint density at radius 3 is 2.33 bits per heavy atom. The molecular formula is C12H19ClN2O4S2. The average molecular weight is 355 g/mol. The van der Waals surface area contributed by atoms with Gasteiger partial charge in [0.2, 0.25) is 10.0 Å². The fourth-order valence-electron chi connectivity index (χ4n) is 1.71. The second-order valence-corrected chi connectivity index (χ2v) is 9.37. The minimum absolute atomic E-state index is 0.0183. The van der Waals surface area contributed by atoms with Crippen LogP contribution in [0.3, 0.4) is 0 Å². The molecule has 1 atom stereocenters. The number of rotatable bonds is 7. The van der Waals surface area contributed by atoms with Crippen LogP contribution in [0.15, 0.2) is 18.2 Å². The summed E-state index contributed by atoms with van der Waals surface area (Å²) in [6.45, 7) is 3.36. The maximum atomic E-state index is 11.5. The van der Waals surface area contributed by atoms with E-state index in [-0.39, 0.29) is 28.3 Å². The number of hydrogen-bond donors (Lipinski definition) is 2. The normalized spacial score (nSPS) is 13.7. The van der Waals surface area contributed by atoms with E-state index in [4.69, 9.17) is 11.6 Å². The van der Waals surface area contributed by atoms with Gasteiger partial charge in [0.1, 0.15) is 0 Å². The topological polar surface area (TPSA) is 92.3 Å². The Bertz CT molecular complexity index is 702. The van der Waals surface area contributed by atoms with Gasteiger partial charge in [-0.1, -0.05) is 18.5 Å². The maximum absolute atomic E-state index is 11.5. The quantitative estimate of drug-likeness (QED) is 0.780. The summed E-state index contributed by atoms with van der Waals surface area (Å²) in [6, 6.07) is 4.42. The van der Waals surface area contributed by atoms with Crippen LogP contribution in [0.25, 0.3) is 0 Å². The van der Waals surface area contributed by atoms with Gasteiger partial charge in [0.15, 0.2) is 9.84 Å². The van der Waals surface area contributed by atoms with Gasteiger partial charge >= 0.3 is 0 Å². The van der Waals surface area contributed by atoms with Crippen molar-refractivity contribution in [1.82, 2.24) is 0 Å². The first-order valence-electron chi connectivity index (χ1n) is 6.26. The Morgan fingerprint density at radius 2 is 1.86 bits per heavy atom. The van der Waals surface area contributed by atoms with Crippen LogP contribution in [0.4, 0.5) is 11.4 Å². The molecule has 1 unspecified atom stereocenters. The predicted octanol–water partition coefficient (Wildman–Crippen LogP) is 1.95. The molecule has 0 aliphatic rings. The highest BCUT2D eigenvalue weighted by Crippen LogP contribution is 2.26. The summed E-state index contributed by atoms with van der Waals surface area (Å²) in [5, 5.41) is 3.25. The summed E-state index contributed by atoms with van der Waals surface area (Å²) in [6.07, 6.45) is 1.03. The van der Waals surface area contributed by atoms with Gasteiger partial charge in [0.05, 0.1) is 22.7 Å². The minimum Gasteiger partial charge on any atom is -0.382 e. The van der Waals surface area contributed by atoms with Crippen molar-refractivity contribution < 1.29 is 16.8 Å². The van der Waals surface area contributed by atoms with Crippen LogP contribution in [-0.4, -0.2) is 40.6 Å². The third-order valence-electron chi connectivity index (χ3n) is 2.62. The maximum Gasteiger partial charge on any atom is 0.229 e. The fourth-order valence-corrected chi connectivity index (χ4v) is 3.65. The van der Waals surface area contributed by atoms with Crippen molar-refractivity contribution >= 4 is 42.8 Å². The minimum atomic E-state index is -3.40. The van der Waals surface area contributed by atoms with Gasteiger partial charge in [0, 0.05) is 17.5 Å². The molecule has 0 amide bonds. The summed E-state index contributed by atoms with van der Waals surface area (Å²) in [4.78, 5) is 0. The van der Waals surface area contributed by atoms with Crippen LogP contribution in [0.5, 0.6) is 0 Å². The molecule has 0 bridgehead atoms. The van der Waals surface area contributed by atoms with Crippen molar-refractivity contribution in [2.24, 2.45) is 0 Å². The molecule has 1 aromatic carbocycles. The Morgan fingerprint density at radius 1 is 1.24 bits per heavy atom. The molecule has 0 saturated carbocycles. The van der Waals surface area contributed by atoms with Gasteiger partial charge in [-0.3, -0.25) is 4.72 Å². The smallest absolute Gasteiger partial charge is 0.229 e. The number of sulfone groups is 1. The molecular weight excluding hydrogens is 336 g/mol. The van der Waals surface area contributed by atoms with E-state index in [1.165, 1.54) is 6.07 Å². The molecule has 0 aliphatic carbocycles. The highest BCUT2D eigenvalue weighted by Gasteiger charge is 2.14. The average Bonchev–Trinajstić information content (AvgIpc) is 2.30. The van der Waals surface area contributed by atoms with E-state index >= 15 is 0 Å². The number of hydrogen-bond acceptors (Lipinski definition) is 5. The van der Waals surface area contributed by atoms with E-state index in [1.807, 2.05) is 0 Å². The van der Waals surface area contributed by atoms with E-state index in [0.717, 1.165) is 6.26 Å². The van der Waals surface area contributed by atoms with Crippen molar-refractivity contribution in [2.45, 2.75) is 19.9 Å². The first-order valence-corrected chi connectivity index (χ1v) is 10.4. The van der Waals surface area contributed by atoms with Gasteiger partial charge in [0.25, 0.3) is 0 Å². The molecule has 120 valence electrons. The van der Waals surface area contributed by atoms with E-state index in [1.54, 1.807) is 26.0 Å². The number of sulfonamides is 1. The lowest BCUT2D eigenvalue weighted by atomic mass is 10.2. The molecule has 21 heavy (non-hydrogen) atoms. The van der Waals surface area contributed by atoms with E-state index in [2.05, 4.69) is 10.0 Å². The van der Waals surface area contributed by atoms with Crippen molar-refractivity contribution in [2.75, 3.05) is 27.8 Å². The zero-order valence-electron chi connectivity index (χ0n) is 12.1. The summed E-state index contributed by atoms with van der Waals surface area (Å²) < 4.78 is 47.7. The van der Waals surface area contributed by atoms with Crippen LogP contribution >= 0.6 is 11.6 Å². The highest BCUT2D eigenvalue weighted by molar-refractivity contribution is 7.92. The molecule has 0 heterocycles. The third-order valence-corrected chi connectivity index (χ3v) is 5.41. The number of halogens is 1. The molecule has 1 aromatic rings. The van der Waals surface area contributed by atoms with E-state index < -0.39 is 19.9 Å². The first kappa shape index (κ1) is 18.1. The molecule has 0 saturated heterocycles. The van der Waals surface area contributed by atoms with Crippen molar-refractivity contribution in [3.8, 4) is 0 Å². The molecule has 9 heteroatoms. The molecule has 0 spiro atoms.